The van der Waals surface area contributed by atoms with Crippen LogP contribution in [-0.4, -0.2) is 8.83 Å². The molecule has 68 valence electrons. The van der Waals surface area contributed by atoms with Crippen molar-refractivity contribution in [1.29, 1.82) is 0 Å². The van der Waals surface area contributed by atoms with E-state index in [1.165, 1.54) is 38.5 Å². The van der Waals surface area contributed by atoms with Crippen LogP contribution in [0.3, 0.4) is 0 Å². The van der Waals surface area contributed by atoms with Gasteiger partial charge in [0.25, 0.3) is 0 Å². The van der Waals surface area contributed by atoms with E-state index in [0.29, 0.717) is 0 Å². The van der Waals surface area contributed by atoms with Gasteiger partial charge in [0.1, 0.15) is 8.83 Å². The normalized spacial score (nSPS) is 12.0. The fourth-order valence-corrected chi connectivity index (χ4v) is 3.10. The van der Waals surface area contributed by atoms with Gasteiger partial charge in [-0.1, -0.05) is 52.4 Å². The fourth-order valence-electron chi connectivity index (χ4n) is 1.28. The highest BCUT2D eigenvalue weighted by atomic mass is 35.6. The third kappa shape index (κ3) is 6.89. The van der Waals surface area contributed by atoms with Gasteiger partial charge in [-0.3, -0.25) is 0 Å². The molecule has 0 fully saturated rings. The molecule has 0 aliphatic carbocycles. The van der Waals surface area contributed by atoms with Crippen LogP contribution in [0.2, 0.25) is 5.54 Å². The van der Waals surface area contributed by atoms with Gasteiger partial charge in [-0.15, -0.1) is 0 Å². The summed E-state index contributed by atoms with van der Waals surface area (Å²) in [5.74, 6) is 0. The smallest absolute Gasteiger partial charge is 0.128 e. The second-order valence-corrected chi connectivity index (χ2v) is 5.69. The zero-order valence-electron chi connectivity index (χ0n) is 7.91. The Hall–Kier alpha value is 0.507. The van der Waals surface area contributed by atoms with Crippen LogP contribution in [0.15, 0.2) is 0 Å². The first kappa shape index (κ1) is 11.5. The summed E-state index contributed by atoms with van der Waals surface area (Å²) in [5.41, 5.74) is 0.927. The molecule has 0 aliphatic rings. The zero-order valence-corrected chi connectivity index (χ0v) is 10.1. The SMILES string of the molecule is CCCCC(CCCC)[SiH2]Cl. The Balaban J connectivity index is 3.25. The Bertz CT molecular complexity index is 68.0. The second-order valence-electron chi connectivity index (χ2n) is 3.30. The molecule has 0 radical (unpaired) electrons. The van der Waals surface area contributed by atoms with Crippen LogP contribution >= 0.6 is 11.1 Å². The average molecular weight is 193 g/mol. The number of rotatable bonds is 7. The maximum atomic E-state index is 5.98. The first-order chi connectivity index (χ1) is 5.35. The molecule has 11 heavy (non-hydrogen) atoms. The molecule has 0 saturated heterocycles. The lowest BCUT2D eigenvalue weighted by Crippen LogP contribution is -1.97. The van der Waals surface area contributed by atoms with Gasteiger partial charge in [0.05, 0.1) is 0 Å². The van der Waals surface area contributed by atoms with E-state index in [2.05, 4.69) is 13.8 Å². The second kappa shape index (κ2) is 8.60. The van der Waals surface area contributed by atoms with Crippen LogP contribution in [0, 0.1) is 0 Å². The van der Waals surface area contributed by atoms with Gasteiger partial charge in [-0.25, -0.2) is 0 Å². The van der Waals surface area contributed by atoms with Crippen LogP contribution in [0.5, 0.6) is 0 Å². The van der Waals surface area contributed by atoms with Gasteiger partial charge < -0.3 is 0 Å². The Morgan fingerprint density at radius 3 is 1.82 bits per heavy atom. The molecule has 0 bridgehead atoms. The van der Waals surface area contributed by atoms with E-state index in [4.69, 9.17) is 11.1 Å². The number of hydrogen-bond donors (Lipinski definition) is 0. The van der Waals surface area contributed by atoms with Gasteiger partial charge in [0.15, 0.2) is 0 Å². The van der Waals surface area contributed by atoms with Gasteiger partial charge in [-0.05, 0) is 5.54 Å². The zero-order chi connectivity index (χ0) is 8.53. The highest BCUT2D eigenvalue weighted by Crippen LogP contribution is 2.21. The molecule has 0 nitrogen and oxygen atoms in total. The standard InChI is InChI=1S/C9H21ClSi/c1-3-5-7-9(11-10)8-6-4-2/h9H,3-8,11H2,1-2H3. The third-order valence-corrected chi connectivity index (χ3v) is 4.71. The minimum absolute atomic E-state index is 0.240. The Labute approximate surface area is 78.2 Å². The largest absolute Gasteiger partial charge is 0.176 e. The van der Waals surface area contributed by atoms with Crippen LogP contribution in [0.4, 0.5) is 0 Å². The van der Waals surface area contributed by atoms with E-state index >= 15 is 0 Å². The number of halogens is 1. The van der Waals surface area contributed by atoms with Crippen LogP contribution in [-0.2, 0) is 0 Å². The van der Waals surface area contributed by atoms with Crippen molar-refractivity contribution in [3.63, 3.8) is 0 Å². The van der Waals surface area contributed by atoms with Crippen molar-refractivity contribution >= 4 is 19.9 Å². The van der Waals surface area contributed by atoms with Crippen molar-refractivity contribution in [3.05, 3.63) is 0 Å². The van der Waals surface area contributed by atoms with Crippen molar-refractivity contribution in [2.24, 2.45) is 0 Å². The molecule has 2 heteroatoms. The summed E-state index contributed by atoms with van der Waals surface area (Å²) < 4.78 is 0. The summed E-state index contributed by atoms with van der Waals surface area (Å²) in [4.78, 5) is 0. The summed E-state index contributed by atoms with van der Waals surface area (Å²) in [6.07, 6.45) is 8.21. The van der Waals surface area contributed by atoms with Crippen molar-refractivity contribution < 1.29 is 0 Å². The summed E-state index contributed by atoms with van der Waals surface area (Å²) in [6, 6.07) is 0. The van der Waals surface area contributed by atoms with E-state index in [1.807, 2.05) is 0 Å². The minimum Gasteiger partial charge on any atom is -0.176 e. The molecule has 0 amide bonds. The Morgan fingerprint density at radius 1 is 1.09 bits per heavy atom. The molecule has 0 unspecified atom stereocenters. The van der Waals surface area contributed by atoms with E-state index in [0.717, 1.165) is 5.54 Å². The van der Waals surface area contributed by atoms with Gasteiger partial charge >= 0.3 is 0 Å². The fraction of sp³-hybridized carbons (Fsp3) is 1.00. The molecule has 0 aromatic carbocycles. The molecule has 0 aliphatic heterocycles. The van der Waals surface area contributed by atoms with Crippen molar-refractivity contribution in [3.8, 4) is 0 Å². The van der Waals surface area contributed by atoms with Crippen LogP contribution in [0.25, 0.3) is 0 Å². The topological polar surface area (TPSA) is 0 Å². The minimum atomic E-state index is -0.240. The molecule has 0 aromatic heterocycles. The molecule has 0 heterocycles. The lowest BCUT2D eigenvalue weighted by Gasteiger charge is -2.11. The highest BCUT2D eigenvalue weighted by molar-refractivity contribution is 6.94. The first-order valence-corrected chi connectivity index (χ1v) is 7.86. The number of unbranched alkanes of at least 4 members (excludes halogenated alkanes) is 2. The molecule has 0 aromatic rings. The molecule has 0 rings (SSSR count). The molecular formula is C9H21ClSi. The monoisotopic (exact) mass is 192 g/mol. The van der Waals surface area contributed by atoms with Gasteiger partial charge in [0.2, 0.25) is 0 Å². The summed E-state index contributed by atoms with van der Waals surface area (Å²) in [6.45, 7) is 4.51. The Kier molecular flexibility index (Phi) is 9.00. The highest BCUT2D eigenvalue weighted by Gasteiger charge is 2.05. The van der Waals surface area contributed by atoms with Gasteiger partial charge in [0, 0.05) is 0 Å². The molecular weight excluding hydrogens is 172 g/mol. The van der Waals surface area contributed by atoms with Crippen molar-refractivity contribution in [2.45, 2.75) is 57.9 Å². The van der Waals surface area contributed by atoms with E-state index < -0.39 is 0 Å². The predicted octanol–water partition coefficient (Wildman–Crippen LogP) is 3.48. The van der Waals surface area contributed by atoms with Gasteiger partial charge in [-0.2, -0.15) is 11.1 Å². The van der Waals surface area contributed by atoms with Crippen LogP contribution < -0.4 is 0 Å². The lowest BCUT2D eigenvalue weighted by molar-refractivity contribution is 0.600. The first-order valence-electron chi connectivity index (χ1n) is 4.91. The van der Waals surface area contributed by atoms with E-state index in [1.54, 1.807) is 0 Å². The average Bonchev–Trinajstić information content (AvgIpc) is 2.05. The summed E-state index contributed by atoms with van der Waals surface area (Å²) >= 11 is 5.98. The summed E-state index contributed by atoms with van der Waals surface area (Å²) in [7, 11) is -0.240. The molecule has 0 saturated carbocycles. The Morgan fingerprint density at radius 2 is 1.55 bits per heavy atom. The quantitative estimate of drug-likeness (QED) is 0.428. The van der Waals surface area contributed by atoms with E-state index in [9.17, 15) is 0 Å². The third-order valence-electron chi connectivity index (χ3n) is 2.15. The summed E-state index contributed by atoms with van der Waals surface area (Å²) in [5, 5.41) is 0. The van der Waals surface area contributed by atoms with Crippen molar-refractivity contribution in [1.82, 2.24) is 0 Å². The molecule has 0 atom stereocenters. The van der Waals surface area contributed by atoms with E-state index in [-0.39, 0.29) is 8.83 Å². The predicted molar refractivity (Wildman–Crippen MR) is 57.2 cm³/mol. The maximum Gasteiger partial charge on any atom is 0.128 e. The maximum absolute atomic E-state index is 5.98. The molecule has 0 spiro atoms. The van der Waals surface area contributed by atoms with Crippen molar-refractivity contribution in [2.75, 3.05) is 0 Å². The lowest BCUT2D eigenvalue weighted by atomic mass is 10.1. The molecule has 0 N–H and O–H groups in total. The number of hydrogen-bond acceptors (Lipinski definition) is 0. The van der Waals surface area contributed by atoms with Crippen LogP contribution in [0.1, 0.15) is 52.4 Å².